The average molecular weight is 154 g/mol. The number of hydrogen-bond donors (Lipinski definition) is 4. The molecule has 0 heterocycles. The molecular weight excluding hydrogens is 141 g/mol. The van der Waals surface area contributed by atoms with E-state index in [0.717, 1.165) is 6.42 Å². The van der Waals surface area contributed by atoms with Gasteiger partial charge in [-0.3, -0.25) is 0 Å². The highest BCUT2D eigenvalue weighted by atomic mass is 31.2. The van der Waals surface area contributed by atoms with Crippen LogP contribution >= 0.6 is 7.94 Å². The Labute approximate surface area is 54.9 Å². The van der Waals surface area contributed by atoms with Crippen LogP contribution in [0.5, 0.6) is 0 Å². The maximum atomic E-state index is 8.43. The first-order valence-corrected chi connectivity index (χ1v) is 4.66. The van der Waals surface area contributed by atoms with Crippen LogP contribution in [0.4, 0.5) is 0 Å². The molecule has 56 valence electrons. The lowest BCUT2D eigenvalue weighted by Gasteiger charge is -2.01. The fourth-order valence-electron chi connectivity index (χ4n) is 0.468. The Morgan fingerprint density at radius 2 is 1.67 bits per heavy atom. The second kappa shape index (κ2) is 4.14. The molecule has 0 unspecified atom stereocenters. The predicted molar refractivity (Wildman–Crippen MR) is 36.7 cm³/mol. The summed E-state index contributed by atoms with van der Waals surface area (Å²) < 4.78 is 0. The van der Waals surface area contributed by atoms with Crippen molar-refractivity contribution in [2.24, 2.45) is 5.73 Å². The van der Waals surface area contributed by atoms with Crippen LogP contribution in [-0.2, 0) is 0 Å². The van der Waals surface area contributed by atoms with Gasteiger partial charge in [0, 0.05) is 0 Å². The van der Waals surface area contributed by atoms with Crippen LogP contribution in [0.15, 0.2) is 0 Å². The molecule has 9 heavy (non-hydrogen) atoms. The van der Waals surface area contributed by atoms with E-state index < -0.39 is 7.94 Å². The van der Waals surface area contributed by atoms with Crippen LogP contribution in [-0.4, -0.2) is 27.4 Å². The summed E-state index contributed by atoms with van der Waals surface area (Å²) in [6.07, 6.45) is 1.38. The first-order valence-electron chi connectivity index (χ1n) is 2.82. The fraction of sp³-hybridized carbons (Fsp3) is 1.00. The molecule has 0 aromatic carbocycles. The monoisotopic (exact) mass is 154 g/mol. The van der Waals surface area contributed by atoms with E-state index >= 15 is 0 Å². The Hall–Kier alpha value is 0.270. The smallest absolute Gasteiger partial charge is 0.330 e. The van der Waals surface area contributed by atoms with Crippen LogP contribution in [0.25, 0.3) is 0 Å². The highest BCUT2D eigenvalue weighted by Crippen LogP contribution is 2.44. The Balaban J connectivity index is 3.07. The molecule has 0 fully saturated rings. The van der Waals surface area contributed by atoms with Gasteiger partial charge < -0.3 is 5.73 Å². The maximum absolute atomic E-state index is 8.43. The normalized spacial score (nSPS) is 12.0. The first-order chi connectivity index (χ1) is 4.06. The SMILES string of the molecule is NCCCC[P+](O)(O)O. The Kier molecular flexibility index (Phi) is 4.27. The standard InChI is InChI=1S/C4H13NO3P/c5-3-1-2-4-9(6,7)8/h6-8H,1-5H2/q+1. The van der Waals surface area contributed by atoms with E-state index in [4.69, 9.17) is 20.4 Å². The topological polar surface area (TPSA) is 86.7 Å². The minimum absolute atomic E-state index is 0.0736. The van der Waals surface area contributed by atoms with Crippen LogP contribution in [0.1, 0.15) is 12.8 Å². The lowest BCUT2D eigenvalue weighted by Crippen LogP contribution is -2.01. The Morgan fingerprint density at radius 1 is 1.11 bits per heavy atom. The Bertz CT molecular complexity index is 72.7. The summed E-state index contributed by atoms with van der Waals surface area (Å²) in [4.78, 5) is 25.3. The van der Waals surface area contributed by atoms with Crippen molar-refractivity contribution in [2.75, 3.05) is 12.7 Å². The summed E-state index contributed by atoms with van der Waals surface area (Å²) in [5, 5.41) is 0. The van der Waals surface area contributed by atoms with Gasteiger partial charge in [0.05, 0.1) is 0 Å². The number of rotatable bonds is 4. The molecule has 0 rings (SSSR count). The van der Waals surface area contributed by atoms with Crippen molar-refractivity contribution in [2.45, 2.75) is 12.8 Å². The molecule has 5 N–H and O–H groups in total. The largest absolute Gasteiger partial charge is 0.403 e. The molecule has 4 nitrogen and oxygen atoms in total. The third-order valence-electron chi connectivity index (χ3n) is 0.912. The summed E-state index contributed by atoms with van der Waals surface area (Å²) >= 11 is 0. The van der Waals surface area contributed by atoms with E-state index in [9.17, 15) is 0 Å². The zero-order valence-electron chi connectivity index (χ0n) is 5.19. The van der Waals surface area contributed by atoms with Gasteiger partial charge in [-0.05, 0) is 19.4 Å². The van der Waals surface area contributed by atoms with Crippen LogP contribution in [0.3, 0.4) is 0 Å². The quantitative estimate of drug-likeness (QED) is 0.323. The highest BCUT2D eigenvalue weighted by molar-refractivity contribution is 7.58. The molecule has 0 atom stereocenters. The van der Waals surface area contributed by atoms with Gasteiger partial charge in [-0.25, -0.2) is 0 Å². The van der Waals surface area contributed by atoms with Gasteiger partial charge in [0.25, 0.3) is 0 Å². The fourth-order valence-corrected chi connectivity index (χ4v) is 1.12. The average Bonchev–Trinajstić information content (AvgIpc) is 1.63. The van der Waals surface area contributed by atoms with Crippen molar-refractivity contribution in [3.8, 4) is 0 Å². The van der Waals surface area contributed by atoms with E-state index in [1.807, 2.05) is 0 Å². The van der Waals surface area contributed by atoms with Gasteiger partial charge in [0.2, 0.25) is 0 Å². The second-order valence-electron chi connectivity index (χ2n) is 1.91. The van der Waals surface area contributed by atoms with Gasteiger partial charge in [0.15, 0.2) is 0 Å². The minimum Gasteiger partial charge on any atom is -0.330 e. The maximum Gasteiger partial charge on any atom is 0.403 e. The molecule has 0 amide bonds. The highest BCUT2D eigenvalue weighted by Gasteiger charge is 2.27. The van der Waals surface area contributed by atoms with Crippen LogP contribution < -0.4 is 5.73 Å². The Morgan fingerprint density at radius 3 is 2.00 bits per heavy atom. The summed E-state index contributed by atoms with van der Waals surface area (Å²) in [5.74, 6) is 0. The van der Waals surface area contributed by atoms with Crippen molar-refractivity contribution < 1.29 is 14.7 Å². The van der Waals surface area contributed by atoms with Gasteiger partial charge in [-0.15, -0.1) is 0 Å². The number of hydrogen-bond acceptors (Lipinski definition) is 4. The zero-order valence-corrected chi connectivity index (χ0v) is 6.09. The van der Waals surface area contributed by atoms with Crippen molar-refractivity contribution in [1.29, 1.82) is 0 Å². The third kappa shape index (κ3) is 8.27. The first kappa shape index (κ1) is 9.27. The molecule has 0 spiro atoms. The van der Waals surface area contributed by atoms with Gasteiger partial charge >= 0.3 is 7.94 Å². The molecule has 0 aromatic rings. The summed E-state index contributed by atoms with van der Waals surface area (Å²) in [6.45, 7) is 0.528. The summed E-state index contributed by atoms with van der Waals surface area (Å²) in [6, 6.07) is 0. The molecule has 5 heteroatoms. The minimum atomic E-state index is -3.50. The number of nitrogens with two attached hydrogens (primary N) is 1. The zero-order chi connectivity index (χ0) is 7.33. The lowest BCUT2D eigenvalue weighted by atomic mass is 10.3. The van der Waals surface area contributed by atoms with E-state index in [-0.39, 0.29) is 6.16 Å². The van der Waals surface area contributed by atoms with E-state index in [1.165, 1.54) is 0 Å². The lowest BCUT2D eigenvalue weighted by molar-refractivity contribution is 0.329. The van der Waals surface area contributed by atoms with Gasteiger partial charge in [-0.2, -0.15) is 14.7 Å². The molecule has 0 aliphatic carbocycles. The van der Waals surface area contributed by atoms with Crippen molar-refractivity contribution in [1.82, 2.24) is 0 Å². The van der Waals surface area contributed by atoms with E-state index in [1.54, 1.807) is 0 Å². The van der Waals surface area contributed by atoms with Gasteiger partial charge in [-0.1, -0.05) is 0 Å². The molecule has 0 aliphatic heterocycles. The second-order valence-corrected chi connectivity index (χ2v) is 3.74. The summed E-state index contributed by atoms with van der Waals surface area (Å²) in [5.41, 5.74) is 5.13. The van der Waals surface area contributed by atoms with Crippen molar-refractivity contribution in [3.63, 3.8) is 0 Å². The summed E-state index contributed by atoms with van der Waals surface area (Å²) in [7, 11) is -3.50. The molecule has 0 radical (unpaired) electrons. The molecule has 0 saturated carbocycles. The van der Waals surface area contributed by atoms with E-state index in [2.05, 4.69) is 0 Å². The molecular formula is C4H13NO3P+. The predicted octanol–water partition coefficient (Wildman–Crippen LogP) is -0.535. The van der Waals surface area contributed by atoms with Crippen molar-refractivity contribution >= 4 is 7.94 Å². The molecule has 0 bridgehead atoms. The molecule has 0 aliphatic rings. The number of unbranched alkanes of at least 4 members (excludes halogenated alkanes) is 1. The van der Waals surface area contributed by atoms with Crippen LogP contribution in [0.2, 0.25) is 0 Å². The van der Waals surface area contributed by atoms with Gasteiger partial charge in [0.1, 0.15) is 6.16 Å². The molecule has 0 aromatic heterocycles. The van der Waals surface area contributed by atoms with E-state index in [0.29, 0.717) is 13.0 Å². The molecule has 0 saturated heterocycles. The van der Waals surface area contributed by atoms with Crippen LogP contribution in [0, 0.1) is 0 Å². The van der Waals surface area contributed by atoms with Crippen molar-refractivity contribution in [3.05, 3.63) is 0 Å². The third-order valence-corrected chi connectivity index (χ3v) is 1.83.